The van der Waals surface area contributed by atoms with Crippen molar-refractivity contribution in [3.05, 3.63) is 0 Å². The minimum Gasteiger partial charge on any atom is -0.292 e. The third-order valence-electron chi connectivity index (χ3n) is 7.40. The number of rotatable bonds is 12. The lowest BCUT2D eigenvalue weighted by molar-refractivity contribution is 0.256. The summed E-state index contributed by atoms with van der Waals surface area (Å²) in [5.74, 6) is 4.90. The zero-order valence-corrected chi connectivity index (χ0v) is 17.6. The lowest BCUT2D eigenvalue weighted by Crippen LogP contribution is -2.17. The largest absolute Gasteiger partial charge is 0.292 e. The highest BCUT2D eigenvalue weighted by molar-refractivity contribution is 5.79. The summed E-state index contributed by atoms with van der Waals surface area (Å²) in [4.78, 5) is 4.73. The van der Waals surface area contributed by atoms with E-state index in [4.69, 9.17) is 4.99 Å². The lowest BCUT2D eigenvalue weighted by atomic mass is 9.81. The van der Waals surface area contributed by atoms with E-state index >= 15 is 0 Å². The van der Waals surface area contributed by atoms with Crippen LogP contribution in [0.1, 0.15) is 99.8 Å². The van der Waals surface area contributed by atoms with E-state index in [9.17, 15) is 0 Å². The average molecular weight is 334 g/mol. The number of hydrogen-bond donors (Lipinski definition) is 0. The zero-order chi connectivity index (χ0) is 17.9. The van der Waals surface area contributed by atoms with Crippen molar-refractivity contribution in [2.45, 2.75) is 106 Å². The highest BCUT2D eigenvalue weighted by Crippen LogP contribution is 2.86. The smallest absolute Gasteiger partial charge is 0.0473 e. The SMILES string of the molecule is CCCCCCCC(C)[C@@H](C)C[C@@H]1C2C(CC(C)N=C(C)C)C21C. The molecule has 0 spiro atoms. The molecule has 0 aromatic rings. The van der Waals surface area contributed by atoms with Gasteiger partial charge in [-0.25, -0.2) is 0 Å². The van der Waals surface area contributed by atoms with Crippen LogP contribution >= 0.6 is 0 Å². The number of unbranched alkanes of at least 4 members (excludes halogenated alkanes) is 4. The van der Waals surface area contributed by atoms with Crippen LogP contribution in [0.2, 0.25) is 0 Å². The Hall–Kier alpha value is -0.330. The topological polar surface area (TPSA) is 12.4 Å². The first kappa shape index (κ1) is 20.0. The van der Waals surface area contributed by atoms with Crippen LogP contribution in [0.25, 0.3) is 0 Å². The van der Waals surface area contributed by atoms with Gasteiger partial charge in [-0.3, -0.25) is 4.99 Å². The van der Waals surface area contributed by atoms with Crippen molar-refractivity contribution in [2.24, 2.45) is 40.0 Å². The molecular weight excluding hydrogens is 290 g/mol. The van der Waals surface area contributed by atoms with Gasteiger partial charge >= 0.3 is 0 Å². The molecule has 2 aliphatic carbocycles. The van der Waals surface area contributed by atoms with Crippen LogP contribution in [0, 0.1) is 35.0 Å². The maximum absolute atomic E-state index is 4.73. The second kappa shape index (κ2) is 8.37. The number of aliphatic imine (C=N–C) groups is 1. The van der Waals surface area contributed by atoms with Crippen molar-refractivity contribution >= 4 is 5.71 Å². The minimum atomic E-state index is 0.532. The van der Waals surface area contributed by atoms with Gasteiger partial charge in [-0.2, -0.15) is 0 Å². The van der Waals surface area contributed by atoms with E-state index in [0.29, 0.717) is 11.5 Å². The molecule has 1 heteroatoms. The third kappa shape index (κ3) is 4.64. The predicted molar refractivity (Wildman–Crippen MR) is 108 cm³/mol. The van der Waals surface area contributed by atoms with Crippen LogP contribution in [-0.2, 0) is 0 Å². The van der Waals surface area contributed by atoms with Crippen molar-refractivity contribution < 1.29 is 0 Å². The van der Waals surface area contributed by atoms with E-state index in [1.54, 1.807) is 0 Å². The molecule has 0 amide bonds. The molecular formula is C23H43N. The molecule has 0 aromatic carbocycles. The molecule has 24 heavy (non-hydrogen) atoms. The zero-order valence-electron chi connectivity index (χ0n) is 17.6. The van der Waals surface area contributed by atoms with E-state index in [1.165, 1.54) is 57.1 Å². The monoisotopic (exact) mass is 333 g/mol. The first-order chi connectivity index (χ1) is 11.3. The van der Waals surface area contributed by atoms with Crippen molar-refractivity contribution in [3.63, 3.8) is 0 Å². The van der Waals surface area contributed by atoms with Crippen LogP contribution in [0.4, 0.5) is 0 Å². The first-order valence-electron chi connectivity index (χ1n) is 10.8. The van der Waals surface area contributed by atoms with Gasteiger partial charge in [-0.1, -0.05) is 66.2 Å². The highest BCUT2D eigenvalue weighted by atomic mass is 14.9. The van der Waals surface area contributed by atoms with Crippen molar-refractivity contribution in [2.75, 3.05) is 0 Å². The molecule has 0 bridgehead atoms. The van der Waals surface area contributed by atoms with Crippen LogP contribution < -0.4 is 0 Å². The summed E-state index contributed by atoms with van der Waals surface area (Å²) in [7, 11) is 0. The number of fused-ring (bicyclic) bond motifs is 1. The van der Waals surface area contributed by atoms with E-state index in [0.717, 1.165) is 29.6 Å². The molecule has 2 rings (SSSR count). The van der Waals surface area contributed by atoms with Crippen molar-refractivity contribution in [3.8, 4) is 0 Å². The summed E-state index contributed by atoms with van der Waals surface area (Å²) < 4.78 is 0. The van der Waals surface area contributed by atoms with Gasteiger partial charge < -0.3 is 0 Å². The Morgan fingerprint density at radius 3 is 2.08 bits per heavy atom. The first-order valence-corrected chi connectivity index (χ1v) is 10.8. The molecule has 140 valence electrons. The second-order valence-electron chi connectivity index (χ2n) is 9.66. The fourth-order valence-electron chi connectivity index (χ4n) is 5.41. The molecule has 5 unspecified atom stereocenters. The Kier molecular flexibility index (Phi) is 6.97. The van der Waals surface area contributed by atoms with E-state index in [2.05, 4.69) is 48.5 Å². The Morgan fingerprint density at radius 2 is 1.50 bits per heavy atom. The van der Waals surface area contributed by atoms with Gasteiger partial charge in [0.05, 0.1) is 0 Å². The molecule has 0 aliphatic heterocycles. The normalized spacial score (nSPS) is 34.2. The Morgan fingerprint density at radius 1 is 0.917 bits per heavy atom. The number of hydrogen-bond acceptors (Lipinski definition) is 1. The van der Waals surface area contributed by atoms with Gasteiger partial charge in [0.25, 0.3) is 0 Å². The van der Waals surface area contributed by atoms with Crippen molar-refractivity contribution in [1.82, 2.24) is 0 Å². The number of nitrogens with zero attached hydrogens (tertiary/aromatic N) is 1. The third-order valence-corrected chi connectivity index (χ3v) is 7.40. The average Bonchev–Trinajstić information content (AvgIpc) is 3.30. The molecule has 2 saturated carbocycles. The minimum absolute atomic E-state index is 0.532. The van der Waals surface area contributed by atoms with Crippen molar-refractivity contribution in [1.29, 1.82) is 0 Å². The molecule has 2 fully saturated rings. The lowest BCUT2D eigenvalue weighted by Gasteiger charge is -2.25. The Labute approximate surface area is 152 Å². The highest BCUT2D eigenvalue weighted by Gasteiger charge is 2.82. The molecule has 0 radical (unpaired) electrons. The summed E-state index contributed by atoms with van der Waals surface area (Å²) in [6, 6.07) is 0.532. The Bertz CT molecular complexity index is 422. The quantitative estimate of drug-likeness (QED) is 0.265. The maximum Gasteiger partial charge on any atom is 0.0473 e. The Balaban J connectivity index is 1.62. The van der Waals surface area contributed by atoms with Gasteiger partial charge in [-0.15, -0.1) is 0 Å². The fraction of sp³-hybridized carbons (Fsp3) is 0.957. The van der Waals surface area contributed by atoms with Gasteiger partial charge in [0.15, 0.2) is 0 Å². The van der Waals surface area contributed by atoms with Crippen LogP contribution in [0.3, 0.4) is 0 Å². The second-order valence-corrected chi connectivity index (χ2v) is 9.66. The van der Waals surface area contributed by atoms with Crippen LogP contribution in [0.15, 0.2) is 4.99 Å². The summed E-state index contributed by atoms with van der Waals surface area (Å²) in [5.41, 5.74) is 1.94. The molecule has 1 nitrogen and oxygen atoms in total. The maximum atomic E-state index is 4.73. The molecule has 0 heterocycles. The molecule has 7 atom stereocenters. The van der Waals surface area contributed by atoms with Gasteiger partial charge in [0, 0.05) is 11.8 Å². The van der Waals surface area contributed by atoms with E-state index in [1.807, 2.05) is 0 Å². The summed E-state index contributed by atoms with van der Waals surface area (Å²) in [6.07, 6.45) is 11.4. The van der Waals surface area contributed by atoms with Gasteiger partial charge in [-0.05, 0) is 68.6 Å². The fourth-order valence-corrected chi connectivity index (χ4v) is 5.41. The summed E-state index contributed by atoms with van der Waals surface area (Å²) in [5, 5.41) is 0. The molecule has 2 aliphatic rings. The molecule has 0 aromatic heterocycles. The van der Waals surface area contributed by atoms with Gasteiger partial charge in [0.1, 0.15) is 0 Å². The standard InChI is InChI=1S/C23H43N/c1-8-9-10-11-12-13-17(4)18(5)14-20-22-21(23(20,22)7)15-19(6)24-16(2)3/h17-22H,8-15H2,1-7H3/t17?,18-,19?,20+,21?,22?,23?/m0/s1. The van der Waals surface area contributed by atoms with Gasteiger partial charge in [0.2, 0.25) is 0 Å². The van der Waals surface area contributed by atoms with E-state index < -0.39 is 0 Å². The van der Waals surface area contributed by atoms with Crippen LogP contribution in [-0.4, -0.2) is 11.8 Å². The molecule has 0 saturated heterocycles. The summed E-state index contributed by atoms with van der Waals surface area (Å²) >= 11 is 0. The molecule has 0 N–H and O–H groups in total. The summed E-state index contributed by atoms with van der Waals surface area (Å²) in [6.45, 7) is 16.4. The van der Waals surface area contributed by atoms with E-state index in [-0.39, 0.29) is 0 Å². The predicted octanol–water partition coefficient (Wildman–Crippen LogP) is 7.15. The van der Waals surface area contributed by atoms with Crippen LogP contribution in [0.5, 0.6) is 0 Å².